The van der Waals surface area contributed by atoms with E-state index in [4.69, 9.17) is 0 Å². The zero-order chi connectivity index (χ0) is 11.6. The van der Waals surface area contributed by atoms with Crippen molar-refractivity contribution in [1.29, 1.82) is 0 Å². The molecule has 0 aliphatic heterocycles. The maximum atomic E-state index is 11.6. The molecule has 1 aromatic rings. The normalized spacial score (nSPS) is 13.5. The third-order valence-corrected chi connectivity index (χ3v) is 3.62. The molecule has 2 heteroatoms. The summed E-state index contributed by atoms with van der Waals surface area (Å²) in [5, 5.41) is 0. The van der Waals surface area contributed by atoms with Crippen LogP contribution >= 0.6 is 0 Å². The molecular weight excluding hydrogens is 204 g/mol. The molecule has 1 unspecified atom stereocenters. The van der Waals surface area contributed by atoms with Crippen LogP contribution < -0.4 is 0 Å². The standard InChI is InChI=1S/C13H20OS/c1-9(2)11-6-7-13(15(5)14)12(8-11)10(3)4/h6-10H,1-5H3. The highest BCUT2D eigenvalue weighted by atomic mass is 32.2. The van der Waals surface area contributed by atoms with Crippen LogP contribution in [0, 0.1) is 0 Å². The Hall–Kier alpha value is -0.630. The van der Waals surface area contributed by atoms with Gasteiger partial charge in [-0.2, -0.15) is 0 Å². The summed E-state index contributed by atoms with van der Waals surface area (Å²) in [7, 11) is -0.883. The Kier molecular flexibility index (Phi) is 4.09. The van der Waals surface area contributed by atoms with E-state index in [2.05, 4.69) is 39.8 Å². The monoisotopic (exact) mass is 224 g/mol. The van der Waals surface area contributed by atoms with Gasteiger partial charge in [0.2, 0.25) is 0 Å². The lowest BCUT2D eigenvalue weighted by atomic mass is 9.96. The molecule has 0 radical (unpaired) electrons. The first-order valence-corrected chi connectivity index (χ1v) is 6.96. The van der Waals surface area contributed by atoms with Crippen LogP contribution in [0.4, 0.5) is 0 Å². The van der Waals surface area contributed by atoms with Crippen LogP contribution in [-0.4, -0.2) is 10.5 Å². The second kappa shape index (κ2) is 4.93. The van der Waals surface area contributed by atoms with E-state index in [0.717, 1.165) is 4.90 Å². The van der Waals surface area contributed by atoms with Gasteiger partial charge < -0.3 is 0 Å². The molecule has 0 spiro atoms. The molecule has 0 heterocycles. The predicted molar refractivity (Wildman–Crippen MR) is 67.0 cm³/mol. The first kappa shape index (κ1) is 12.4. The minimum Gasteiger partial charge on any atom is -0.255 e. The summed E-state index contributed by atoms with van der Waals surface area (Å²) in [5.41, 5.74) is 2.55. The zero-order valence-electron chi connectivity index (χ0n) is 10.2. The van der Waals surface area contributed by atoms with Gasteiger partial charge in [-0.05, 0) is 29.0 Å². The van der Waals surface area contributed by atoms with Gasteiger partial charge in [0.15, 0.2) is 0 Å². The second-order valence-electron chi connectivity index (χ2n) is 4.56. The number of hydrogen-bond acceptors (Lipinski definition) is 1. The first-order chi connectivity index (χ1) is 6.93. The van der Waals surface area contributed by atoms with Gasteiger partial charge in [0.1, 0.15) is 0 Å². The lowest BCUT2D eigenvalue weighted by Crippen LogP contribution is -2.00. The Balaban J connectivity index is 3.27. The van der Waals surface area contributed by atoms with Gasteiger partial charge in [0, 0.05) is 11.2 Å². The Bertz CT molecular complexity index is 367. The molecule has 0 aliphatic carbocycles. The van der Waals surface area contributed by atoms with E-state index in [1.807, 2.05) is 6.07 Å². The Morgan fingerprint density at radius 3 is 2.07 bits per heavy atom. The molecule has 0 aliphatic rings. The fourth-order valence-electron chi connectivity index (χ4n) is 1.64. The van der Waals surface area contributed by atoms with Crippen molar-refractivity contribution < 1.29 is 4.21 Å². The molecule has 1 nitrogen and oxygen atoms in total. The molecule has 1 aromatic carbocycles. The number of rotatable bonds is 3. The van der Waals surface area contributed by atoms with E-state index >= 15 is 0 Å². The van der Waals surface area contributed by atoms with Gasteiger partial charge in [-0.25, -0.2) is 0 Å². The van der Waals surface area contributed by atoms with Crippen LogP contribution in [0.3, 0.4) is 0 Å². The Labute approximate surface area is 95.4 Å². The fraction of sp³-hybridized carbons (Fsp3) is 0.538. The maximum Gasteiger partial charge on any atom is 0.0501 e. The van der Waals surface area contributed by atoms with Gasteiger partial charge in [0.05, 0.1) is 10.8 Å². The highest BCUT2D eigenvalue weighted by molar-refractivity contribution is 7.84. The summed E-state index contributed by atoms with van der Waals surface area (Å²) < 4.78 is 11.6. The Morgan fingerprint density at radius 2 is 1.67 bits per heavy atom. The summed E-state index contributed by atoms with van der Waals surface area (Å²) in [6, 6.07) is 6.31. The van der Waals surface area contributed by atoms with E-state index in [1.165, 1.54) is 11.1 Å². The van der Waals surface area contributed by atoms with Crippen LogP contribution in [0.2, 0.25) is 0 Å². The molecule has 1 atom stereocenters. The quantitative estimate of drug-likeness (QED) is 0.765. The number of benzene rings is 1. The third-order valence-electron chi connectivity index (χ3n) is 2.63. The summed E-state index contributed by atoms with van der Waals surface area (Å²) in [6.45, 7) is 8.66. The summed E-state index contributed by atoms with van der Waals surface area (Å²) in [4.78, 5) is 0.981. The minimum absolute atomic E-state index is 0.433. The van der Waals surface area contributed by atoms with Crippen molar-refractivity contribution in [3.05, 3.63) is 29.3 Å². The summed E-state index contributed by atoms with van der Waals surface area (Å²) in [6.07, 6.45) is 1.75. The average molecular weight is 224 g/mol. The highest BCUT2D eigenvalue weighted by Gasteiger charge is 2.11. The van der Waals surface area contributed by atoms with E-state index in [9.17, 15) is 4.21 Å². The van der Waals surface area contributed by atoms with Crippen molar-refractivity contribution in [2.75, 3.05) is 6.26 Å². The van der Waals surface area contributed by atoms with E-state index in [0.29, 0.717) is 11.8 Å². The van der Waals surface area contributed by atoms with E-state index in [1.54, 1.807) is 6.26 Å². The molecule has 0 bridgehead atoms. The van der Waals surface area contributed by atoms with Crippen molar-refractivity contribution in [3.8, 4) is 0 Å². The topological polar surface area (TPSA) is 17.1 Å². The van der Waals surface area contributed by atoms with Crippen LogP contribution in [0.5, 0.6) is 0 Å². The predicted octanol–water partition coefficient (Wildman–Crippen LogP) is 3.67. The van der Waals surface area contributed by atoms with Gasteiger partial charge in [0.25, 0.3) is 0 Å². The van der Waals surface area contributed by atoms with Crippen molar-refractivity contribution in [2.45, 2.75) is 44.4 Å². The minimum atomic E-state index is -0.883. The smallest absolute Gasteiger partial charge is 0.0501 e. The summed E-state index contributed by atoms with van der Waals surface area (Å²) in [5.74, 6) is 0.962. The first-order valence-electron chi connectivity index (χ1n) is 5.40. The fourth-order valence-corrected chi connectivity index (χ4v) is 2.53. The van der Waals surface area contributed by atoms with Crippen LogP contribution in [-0.2, 0) is 10.8 Å². The van der Waals surface area contributed by atoms with Gasteiger partial charge in [-0.15, -0.1) is 0 Å². The van der Waals surface area contributed by atoms with Crippen molar-refractivity contribution >= 4 is 10.8 Å². The second-order valence-corrected chi connectivity index (χ2v) is 5.91. The van der Waals surface area contributed by atoms with Crippen LogP contribution in [0.25, 0.3) is 0 Å². The van der Waals surface area contributed by atoms with Crippen LogP contribution in [0.1, 0.15) is 50.7 Å². The molecule has 0 aromatic heterocycles. The molecule has 84 valence electrons. The molecule has 0 saturated carbocycles. The number of hydrogen-bond donors (Lipinski definition) is 0. The van der Waals surface area contributed by atoms with E-state index < -0.39 is 10.8 Å². The molecular formula is C13H20OS. The van der Waals surface area contributed by atoms with Gasteiger partial charge >= 0.3 is 0 Å². The molecule has 0 amide bonds. The Morgan fingerprint density at radius 1 is 1.07 bits per heavy atom. The summed E-state index contributed by atoms with van der Waals surface area (Å²) >= 11 is 0. The molecule has 1 rings (SSSR count). The molecule has 0 saturated heterocycles. The third kappa shape index (κ3) is 2.91. The van der Waals surface area contributed by atoms with Crippen molar-refractivity contribution in [2.24, 2.45) is 0 Å². The van der Waals surface area contributed by atoms with Gasteiger partial charge in [-0.3, -0.25) is 4.21 Å². The van der Waals surface area contributed by atoms with Gasteiger partial charge in [-0.1, -0.05) is 39.8 Å². The zero-order valence-corrected chi connectivity index (χ0v) is 11.0. The maximum absolute atomic E-state index is 11.6. The highest BCUT2D eigenvalue weighted by Crippen LogP contribution is 2.26. The van der Waals surface area contributed by atoms with Crippen LogP contribution in [0.15, 0.2) is 23.1 Å². The average Bonchev–Trinajstić information content (AvgIpc) is 2.16. The lowest BCUT2D eigenvalue weighted by Gasteiger charge is -2.14. The van der Waals surface area contributed by atoms with E-state index in [-0.39, 0.29) is 0 Å². The van der Waals surface area contributed by atoms with Crippen molar-refractivity contribution in [1.82, 2.24) is 0 Å². The molecule has 15 heavy (non-hydrogen) atoms. The SMILES string of the molecule is CC(C)c1ccc(S(C)=O)c(C(C)C)c1. The molecule has 0 fully saturated rings. The van der Waals surface area contributed by atoms with Crippen molar-refractivity contribution in [3.63, 3.8) is 0 Å². The molecule has 0 N–H and O–H groups in total. The lowest BCUT2D eigenvalue weighted by molar-refractivity contribution is 0.684. The largest absolute Gasteiger partial charge is 0.255 e.